The van der Waals surface area contributed by atoms with Crippen molar-refractivity contribution in [2.24, 2.45) is 0 Å². The molecule has 31 heavy (non-hydrogen) atoms. The summed E-state index contributed by atoms with van der Waals surface area (Å²) < 4.78 is 1.89. The highest BCUT2D eigenvalue weighted by molar-refractivity contribution is 6.30. The van der Waals surface area contributed by atoms with Crippen LogP contribution in [0, 0.1) is 11.8 Å². The maximum Gasteiger partial charge on any atom is 0.257 e. The van der Waals surface area contributed by atoms with Gasteiger partial charge in [0.2, 0.25) is 0 Å². The fourth-order valence-corrected chi connectivity index (χ4v) is 3.81. The number of aromatic nitrogens is 4. The van der Waals surface area contributed by atoms with Crippen LogP contribution in [-0.2, 0) is 0 Å². The van der Waals surface area contributed by atoms with Gasteiger partial charge >= 0.3 is 0 Å². The second-order valence-corrected chi connectivity index (χ2v) is 7.60. The van der Waals surface area contributed by atoms with E-state index in [1.807, 2.05) is 60.8 Å². The van der Waals surface area contributed by atoms with Gasteiger partial charge in [-0.3, -0.25) is 4.40 Å². The first-order valence-corrected chi connectivity index (χ1v) is 10.2. The minimum absolute atomic E-state index is 0.546. The van der Waals surface area contributed by atoms with Crippen LogP contribution < -0.4 is 4.90 Å². The average Bonchev–Trinajstić information content (AvgIpc) is 3.28. The molecular weight excluding hydrogens is 406 g/mol. The van der Waals surface area contributed by atoms with E-state index >= 15 is 0 Å². The summed E-state index contributed by atoms with van der Waals surface area (Å²) in [5, 5.41) is 9.94. The molecule has 0 aliphatic heterocycles. The van der Waals surface area contributed by atoms with Gasteiger partial charge in [0.05, 0.1) is 5.52 Å². The fraction of sp³-hybridized carbons (Fsp3) is 0.0800. The zero-order chi connectivity index (χ0) is 21.4. The first kappa shape index (κ1) is 19.1. The van der Waals surface area contributed by atoms with Crippen molar-refractivity contribution < 1.29 is 0 Å². The van der Waals surface area contributed by atoms with Gasteiger partial charge < -0.3 is 4.90 Å². The van der Waals surface area contributed by atoms with Gasteiger partial charge in [0.1, 0.15) is 12.1 Å². The molecule has 0 aliphatic carbocycles. The summed E-state index contributed by atoms with van der Waals surface area (Å²) in [6.45, 7) is 1.83. The molecule has 150 valence electrons. The maximum atomic E-state index is 6.05. The van der Waals surface area contributed by atoms with Crippen LogP contribution >= 0.6 is 11.6 Å². The first-order chi connectivity index (χ1) is 15.1. The standard InChI is InChI=1S/C25H18ClN5/c1-3-5-17-8-13-22-23(14-17)31-16-27-29-25(31)28-24(22)30(2)21-7-4-6-19(15-21)18-9-11-20(26)12-10-18/h4,6-16H,1-2H3. The van der Waals surface area contributed by atoms with Gasteiger partial charge in [0.15, 0.2) is 0 Å². The smallest absolute Gasteiger partial charge is 0.257 e. The lowest BCUT2D eigenvalue weighted by Gasteiger charge is -2.21. The Labute approximate surface area is 184 Å². The third-order valence-corrected chi connectivity index (χ3v) is 5.48. The molecule has 0 fully saturated rings. The quantitative estimate of drug-likeness (QED) is 0.347. The molecule has 0 spiro atoms. The van der Waals surface area contributed by atoms with Crippen molar-refractivity contribution >= 4 is 39.8 Å². The minimum Gasteiger partial charge on any atom is -0.329 e. The largest absolute Gasteiger partial charge is 0.329 e. The number of nitrogens with zero attached hydrogens (tertiary/aromatic N) is 5. The van der Waals surface area contributed by atoms with E-state index in [1.54, 1.807) is 6.33 Å². The highest BCUT2D eigenvalue weighted by atomic mass is 35.5. The van der Waals surface area contributed by atoms with E-state index in [0.717, 1.165) is 44.1 Å². The third kappa shape index (κ3) is 3.48. The Morgan fingerprint density at radius 3 is 2.61 bits per heavy atom. The number of benzene rings is 3. The topological polar surface area (TPSA) is 46.3 Å². The summed E-state index contributed by atoms with van der Waals surface area (Å²) in [6.07, 6.45) is 1.68. The molecule has 0 bridgehead atoms. The van der Waals surface area contributed by atoms with Crippen LogP contribution in [0.25, 0.3) is 27.8 Å². The summed E-state index contributed by atoms with van der Waals surface area (Å²) in [4.78, 5) is 6.86. The normalized spacial score (nSPS) is 10.8. The van der Waals surface area contributed by atoms with Gasteiger partial charge in [-0.1, -0.05) is 41.8 Å². The monoisotopic (exact) mass is 423 g/mol. The van der Waals surface area contributed by atoms with Gasteiger partial charge in [-0.25, -0.2) is 0 Å². The highest BCUT2D eigenvalue weighted by Crippen LogP contribution is 2.33. The van der Waals surface area contributed by atoms with Crippen molar-refractivity contribution in [1.29, 1.82) is 0 Å². The summed E-state index contributed by atoms with van der Waals surface area (Å²) in [7, 11) is 2.01. The zero-order valence-corrected chi connectivity index (χ0v) is 17.8. The van der Waals surface area contributed by atoms with E-state index in [2.05, 4.69) is 51.2 Å². The van der Waals surface area contributed by atoms with Crippen LogP contribution in [0.1, 0.15) is 12.5 Å². The molecule has 6 heteroatoms. The Balaban J connectivity index is 1.65. The summed E-state index contributed by atoms with van der Waals surface area (Å²) in [6, 6.07) is 22.3. The van der Waals surface area contributed by atoms with Gasteiger partial charge in [0, 0.05) is 28.7 Å². The molecule has 0 saturated heterocycles. The summed E-state index contributed by atoms with van der Waals surface area (Å²) >= 11 is 6.05. The van der Waals surface area contributed by atoms with Crippen molar-refractivity contribution in [3.05, 3.63) is 83.6 Å². The van der Waals surface area contributed by atoms with E-state index in [-0.39, 0.29) is 0 Å². The zero-order valence-electron chi connectivity index (χ0n) is 17.0. The van der Waals surface area contributed by atoms with Crippen LogP contribution in [-0.4, -0.2) is 26.6 Å². The maximum absolute atomic E-state index is 6.05. The highest BCUT2D eigenvalue weighted by Gasteiger charge is 2.15. The van der Waals surface area contributed by atoms with E-state index in [9.17, 15) is 0 Å². The number of fused-ring (bicyclic) bond motifs is 3. The van der Waals surface area contributed by atoms with Crippen LogP contribution in [0.3, 0.4) is 0 Å². The number of rotatable bonds is 3. The Kier molecular flexibility index (Phi) is 4.78. The van der Waals surface area contributed by atoms with Gasteiger partial charge in [-0.05, 0) is 60.5 Å². The molecule has 5 nitrogen and oxygen atoms in total. The van der Waals surface area contributed by atoms with Crippen LogP contribution in [0.4, 0.5) is 11.5 Å². The lowest BCUT2D eigenvalue weighted by atomic mass is 10.0. The average molecular weight is 424 g/mol. The second-order valence-electron chi connectivity index (χ2n) is 7.16. The molecule has 0 saturated carbocycles. The Morgan fingerprint density at radius 2 is 1.81 bits per heavy atom. The molecule has 0 radical (unpaired) electrons. The number of hydrogen-bond donors (Lipinski definition) is 0. The van der Waals surface area contributed by atoms with E-state index in [4.69, 9.17) is 16.6 Å². The molecule has 0 atom stereocenters. The van der Waals surface area contributed by atoms with Gasteiger partial charge in [0.25, 0.3) is 5.78 Å². The van der Waals surface area contributed by atoms with Crippen LogP contribution in [0.2, 0.25) is 5.02 Å². The van der Waals surface area contributed by atoms with E-state index < -0.39 is 0 Å². The van der Waals surface area contributed by atoms with Gasteiger partial charge in [-0.15, -0.1) is 16.1 Å². The predicted octanol–water partition coefficient (Wildman–Crippen LogP) is 5.74. The minimum atomic E-state index is 0.546. The summed E-state index contributed by atoms with van der Waals surface area (Å²) in [5.74, 6) is 7.42. The molecule has 0 unspecified atom stereocenters. The van der Waals surface area contributed by atoms with Crippen LogP contribution in [0.15, 0.2) is 73.1 Å². The Morgan fingerprint density at radius 1 is 0.968 bits per heavy atom. The molecule has 3 aromatic carbocycles. The molecule has 0 N–H and O–H groups in total. The van der Waals surface area contributed by atoms with Crippen molar-refractivity contribution in [3.63, 3.8) is 0 Å². The number of anilines is 2. The van der Waals surface area contributed by atoms with E-state index in [0.29, 0.717) is 5.78 Å². The number of hydrogen-bond acceptors (Lipinski definition) is 4. The number of halogens is 1. The molecule has 5 rings (SSSR count). The summed E-state index contributed by atoms with van der Waals surface area (Å²) in [5.41, 5.74) is 5.13. The third-order valence-electron chi connectivity index (χ3n) is 5.23. The first-order valence-electron chi connectivity index (χ1n) is 9.80. The molecule has 2 aromatic heterocycles. The molecule has 0 amide bonds. The molecule has 0 aliphatic rings. The van der Waals surface area contributed by atoms with Crippen LogP contribution in [0.5, 0.6) is 0 Å². The lowest BCUT2D eigenvalue weighted by Crippen LogP contribution is -2.13. The Bertz CT molecular complexity index is 1480. The molecular formula is C25H18ClN5. The molecule has 2 heterocycles. The Hall–Kier alpha value is -3.88. The SMILES string of the molecule is CC#Cc1ccc2c(N(C)c3cccc(-c4ccc(Cl)cc4)c3)nc3nncn3c2c1. The predicted molar refractivity (Wildman–Crippen MR) is 126 cm³/mol. The lowest BCUT2D eigenvalue weighted by molar-refractivity contribution is 1.08. The second kappa shape index (κ2) is 7.75. The van der Waals surface area contributed by atoms with Crippen molar-refractivity contribution in [2.45, 2.75) is 6.92 Å². The van der Waals surface area contributed by atoms with E-state index in [1.165, 1.54) is 0 Å². The van der Waals surface area contributed by atoms with Gasteiger partial charge in [-0.2, -0.15) is 4.98 Å². The molecule has 5 aromatic rings. The van der Waals surface area contributed by atoms with Crippen molar-refractivity contribution in [3.8, 4) is 23.0 Å². The van der Waals surface area contributed by atoms with Crippen molar-refractivity contribution in [2.75, 3.05) is 11.9 Å². The fourth-order valence-electron chi connectivity index (χ4n) is 3.69. The van der Waals surface area contributed by atoms with Crippen molar-refractivity contribution in [1.82, 2.24) is 19.6 Å².